The number of rotatable bonds is 3. The molecule has 3 aromatic rings. The van der Waals surface area contributed by atoms with Gasteiger partial charge in [-0.3, -0.25) is 4.90 Å². The molecule has 1 saturated heterocycles. The third-order valence-corrected chi connectivity index (χ3v) is 5.58. The molecule has 0 aliphatic carbocycles. The van der Waals surface area contributed by atoms with Crippen LogP contribution in [0, 0.1) is 25.5 Å². The maximum atomic E-state index is 14.2. The molecule has 2 atom stereocenters. The van der Waals surface area contributed by atoms with Gasteiger partial charge in [-0.1, -0.05) is 5.21 Å². The number of aryl methyl sites for hydroxylation is 2. The molecule has 0 unspecified atom stereocenters. The van der Waals surface area contributed by atoms with E-state index in [4.69, 9.17) is 9.15 Å². The summed E-state index contributed by atoms with van der Waals surface area (Å²) in [5.74, 6) is 0.577. The predicted molar refractivity (Wildman–Crippen MR) is 96.4 cm³/mol. The number of halogens is 2. The van der Waals surface area contributed by atoms with Crippen molar-refractivity contribution in [2.75, 3.05) is 13.1 Å². The van der Waals surface area contributed by atoms with Crippen molar-refractivity contribution in [3.8, 4) is 11.3 Å². The summed E-state index contributed by atoms with van der Waals surface area (Å²) in [5, 5.41) is 8.47. The lowest BCUT2D eigenvalue weighted by Gasteiger charge is -2.26. The molecule has 1 aromatic carbocycles. The first-order valence-electron chi connectivity index (χ1n) is 9.29. The van der Waals surface area contributed by atoms with Crippen LogP contribution in [0.15, 0.2) is 28.7 Å². The number of furan rings is 1. The van der Waals surface area contributed by atoms with Crippen molar-refractivity contribution in [3.63, 3.8) is 0 Å². The molecule has 0 bridgehead atoms. The van der Waals surface area contributed by atoms with Gasteiger partial charge in [0.1, 0.15) is 28.8 Å². The smallest absolute Gasteiger partial charge is 0.135 e. The Labute approximate surface area is 160 Å². The fourth-order valence-corrected chi connectivity index (χ4v) is 4.23. The summed E-state index contributed by atoms with van der Waals surface area (Å²) < 4.78 is 41.0. The minimum atomic E-state index is -0.649. The zero-order chi connectivity index (χ0) is 19.4. The molecule has 6 nitrogen and oxygen atoms in total. The molecule has 28 heavy (non-hydrogen) atoms. The molecule has 4 heterocycles. The van der Waals surface area contributed by atoms with Crippen molar-refractivity contribution < 1.29 is 17.9 Å². The predicted octanol–water partition coefficient (Wildman–Crippen LogP) is 3.39. The molecule has 0 spiro atoms. The number of nitrogens with zero attached hydrogens (tertiary/aromatic N) is 4. The van der Waals surface area contributed by atoms with Crippen molar-refractivity contribution in [2.45, 2.75) is 39.1 Å². The van der Waals surface area contributed by atoms with Crippen molar-refractivity contribution >= 4 is 0 Å². The molecule has 2 aliphatic heterocycles. The number of likely N-dealkylation sites (tertiary alicyclic amines) is 1. The molecule has 8 heteroatoms. The van der Waals surface area contributed by atoms with Crippen molar-refractivity contribution in [3.05, 3.63) is 58.7 Å². The van der Waals surface area contributed by atoms with E-state index in [9.17, 15) is 8.78 Å². The average molecular weight is 386 g/mol. The molecule has 0 radical (unpaired) electrons. The van der Waals surface area contributed by atoms with Gasteiger partial charge in [0, 0.05) is 36.8 Å². The first-order valence-corrected chi connectivity index (χ1v) is 9.29. The van der Waals surface area contributed by atoms with Gasteiger partial charge in [0.25, 0.3) is 0 Å². The zero-order valence-corrected chi connectivity index (χ0v) is 15.7. The minimum Gasteiger partial charge on any atom is -0.466 e. The van der Waals surface area contributed by atoms with E-state index in [1.165, 1.54) is 17.7 Å². The van der Waals surface area contributed by atoms with Crippen LogP contribution in [-0.2, 0) is 17.9 Å². The van der Waals surface area contributed by atoms with Crippen LogP contribution in [0.3, 0.4) is 0 Å². The summed E-state index contributed by atoms with van der Waals surface area (Å²) in [6.07, 6.45) is 0.00780. The van der Waals surface area contributed by atoms with Crippen LogP contribution in [0.1, 0.15) is 28.8 Å². The van der Waals surface area contributed by atoms with Gasteiger partial charge in [-0.05, 0) is 32.0 Å². The standard InChI is InChI=1S/C20H20F2N4O2/c1-11-5-13(12(2)28-11)7-25-8-17-19(9-25)27-10-18-20(23-24-26(17)18)15-4-3-14(21)6-16(15)22/h3-6,17,19H,7-10H2,1-2H3/t17-,19-/m1/s1. The van der Waals surface area contributed by atoms with Gasteiger partial charge in [0.05, 0.1) is 24.4 Å². The third kappa shape index (κ3) is 2.84. The Bertz CT molecular complexity index is 1050. The molecule has 0 saturated carbocycles. The van der Waals surface area contributed by atoms with E-state index in [1.807, 2.05) is 18.5 Å². The molecule has 2 aliphatic rings. The average Bonchev–Trinajstić information content (AvgIpc) is 3.31. The summed E-state index contributed by atoms with van der Waals surface area (Å²) >= 11 is 0. The maximum absolute atomic E-state index is 14.2. The molecule has 1 fully saturated rings. The SMILES string of the molecule is Cc1cc(CN2C[C@@H]3[C@@H](C2)OCc2c(-c4ccc(F)cc4F)nnn23)c(C)o1. The summed E-state index contributed by atoms with van der Waals surface area (Å²) in [6.45, 7) is 6.55. The van der Waals surface area contributed by atoms with E-state index in [2.05, 4.69) is 21.3 Å². The highest BCUT2D eigenvalue weighted by atomic mass is 19.1. The summed E-state index contributed by atoms with van der Waals surface area (Å²) in [5.41, 5.74) is 2.55. The highest BCUT2D eigenvalue weighted by Gasteiger charge is 2.41. The normalized spacial score (nSPS) is 21.7. The molecular weight excluding hydrogens is 366 g/mol. The lowest BCUT2D eigenvalue weighted by Crippen LogP contribution is -2.32. The van der Waals surface area contributed by atoms with Crippen LogP contribution < -0.4 is 0 Å². The van der Waals surface area contributed by atoms with Crippen LogP contribution in [0.5, 0.6) is 0 Å². The second kappa shape index (κ2) is 6.49. The minimum absolute atomic E-state index is 0.00780. The van der Waals surface area contributed by atoms with Gasteiger partial charge in [-0.2, -0.15) is 0 Å². The molecule has 146 valence electrons. The largest absolute Gasteiger partial charge is 0.466 e. The Morgan fingerprint density at radius 3 is 2.79 bits per heavy atom. The number of benzene rings is 1. The Morgan fingerprint density at radius 2 is 2.04 bits per heavy atom. The Hall–Kier alpha value is -2.58. The molecule has 0 N–H and O–H groups in total. The number of hydrogen-bond acceptors (Lipinski definition) is 5. The maximum Gasteiger partial charge on any atom is 0.135 e. The van der Waals surface area contributed by atoms with Crippen LogP contribution in [-0.4, -0.2) is 39.1 Å². The van der Waals surface area contributed by atoms with Gasteiger partial charge in [-0.25, -0.2) is 13.5 Å². The fourth-order valence-electron chi connectivity index (χ4n) is 4.23. The van der Waals surface area contributed by atoms with E-state index in [0.29, 0.717) is 12.3 Å². The van der Waals surface area contributed by atoms with Crippen LogP contribution in [0.4, 0.5) is 8.78 Å². The van der Waals surface area contributed by atoms with E-state index >= 15 is 0 Å². The number of aromatic nitrogens is 3. The van der Waals surface area contributed by atoms with E-state index in [0.717, 1.165) is 42.9 Å². The third-order valence-electron chi connectivity index (χ3n) is 5.58. The second-order valence-corrected chi connectivity index (χ2v) is 7.50. The lowest BCUT2D eigenvalue weighted by molar-refractivity contribution is -0.00495. The molecule has 5 rings (SSSR count). The fraction of sp³-hybridized carbons (Fsp3) is 0.400. The van der Waals surface area contributed by atoms with Gasteiger partial charge >= 0.3 is 0 Å². The van der Waals surface area contributed by atoms with Crippen molar-refractivity contribution in [2.24, 2.45) is 0 Å². The number of hydrogen-bond donors (Lipinski definition) is 0. The van der Waals surface area contributed by atoms with Crippen LogP contribution >= 0.6 is 0 Å². The van der Waals surface area contributed by atoms with E-state index in [-0.39, 0.29) is 17.7 Å². The molecule has 2 aromatic heterocycles. The van der Waals surface area contributed by atoms with Gasteiger partial charge < -0.3 is 9.15 Å². The first-order chi connectivity index (χ1) is 13.5. The zero-order valence-electron chi connectivity index (χ0n) is 15.7. The Kier molecular flexibility index (Phi) is 4.06. The van der Waals surface area contributed by atoms with E-state index in [1.54, 1.807) is 0 Å². The highest BCUT2D eigenvalue weighted by molar-refractivity contribution is 5.62. The summed E-state index contributed by atoms with van der Waals surface area (Å²) in [4.78, 5) is 2.31. The molecular formula is C20H20F2N4O2. The van der Waals surface area contributed by atoms with Gasteiger partial charge in [0.2, 0.25) is 0 Å². The van der Waals surface area contributed by atoms with Crippen molar-refractivity contribution in [1.29, 1.82) is 0 Å². The van der Waals surface area contributed by atoms with Gasteiger partial charge in [0.15, 0.2) is 0 Å². The van der Waals surface area contributed by atoms with Crippen molar-refractivity contribution in [1.82, 2.24) is 19.9 Å². The summed E-state index contributed by atoms with van der Waals surface area (Å²) in [7, 11) is 0. The first kappa shape index (κ1) is 17.5. The number of ether oxygens (including phenoxy) is 1. The number of fused-ring (bicyclic) bond motifs is 3. The second-order valence-electron chi connectivity index (χ2n) is 7.50. The Balaban J connectivity index is 1.41. The topological polar surface area (TPSA) is 56.3 Å². The van der Waals surface area contributed by atoms with Crippen LogP contribution in [0.25, 0.3) is 11.3 Å². The summed E-state index contributed by atoms with van der Waals surface area (Å²) in [6, 6.07) is 5.56. The van der Waals surface area contributed by atoms with Gasteiger partial charge in [-0.15, -0.1) is 5.10 Å². The quantitative estimate of drug-likeness (QED) is 0.691. The monoisotopic (exact) mass is 386 g/mol. The molecule has 0 amide bonds. The van der Waals surface area contributed by atoms with E-state index < -0.39 is 11.6 Å². The highest BCUT2D eigenvalue weighted by Crippen LogP contribution is 2.35. The lowest BCUT2D eigenvalue weighted by atomic mass is 10.1. The Morgan fingerprint density at radius 1 is 1.18 bits per heavy atom. The van der Waals surface area contributed by atoms with Crippen LogP contribution in [0.2, 0.25) is 0 Å².